The first kappa shape index (κ1) is 22.7. The van der Waals surface area contributed by atoms with Gasteiger partial charge < -0.3 is 10.1 Å². The summed E-state index contributed by atoms with van der Waals surface area (Å²) in [6.07, 6.45) is 1.48. The molecule has 1 heterocycles. The van der Waals surface area contributed by atoms with Crippen molar-refractivity contribution in [3.05, 3.63) is 59.2 Å². The van der Waals surface area contributed by atoms with E-state index in [1.807, 2.05) is 32.9 Å². The van der Waals surface area contributed by atoms with Crippen LogP contribution in [-0.4, -0.2) is 30.1 Å². The minimum absolute atomic E-state index is 0.00205. The number of carbonyl (C=O) groups excluding carboxylic acids is 2. The molecule has 2 aromatic carbocycles. The van der Waals surface area contributed by atoms with Crippen LogP contribution in [0.4, 0.5) is 5.69 Å². The average molecular weight is 421 g/mol. The van der Waals surface area contributed by atoms with Gasteiger partial charge in [0.05, 0.1) is 24.8 Å². The van der Waals surface area contributed by atoms with Gasteiger partial charge in [0, 0.05) is 23.2 Å². The zero-order valence-electron chi connectivity index (χ0n) is 19.3. The number of aliphatic imine (C=N–C) groups is 1. The van der Waals surface area contributed by atoms with Crippen LogP contribution in [0.1, 0.15) is 68.9 Å². The number of anilines is 1. The molecule has 5 nitrogen and oxygen atoms in total. The van der Waals surface area contributed by atoms with E-state index in [-0.39, 0.29) is 29.1 Å². The highest BCUT2D eigenvalue weighted by Crippen LogP contribution is 2.31. The van der Waals surface area contributed by atoms with Gasteiger partial charge in [0.1, 0.15) is 5.75 Å². The van der Waals surface area contributed by atoms with Crippen LogP contribution in [0.5, 0.6) is 5.75 Å². The van der Waals surface area contributed by atoms with E-state index in [0.29, 0.717) is 17.7 Å². The molecule has 0 radical (unpaired) electrons. The predicted octanol–water partition coefficient (Wildman–Crippen LogP) is 5.47. The maximum atomic E-state index is 13.0. The standard InChI is InChI=1S/C26H32N2O3/c1-25(2,3)16-24(30)27-19-10-7-17(8-11-19)23(29)14-22-21-13-20(31-6)12-9-18(21)15-26(4,5)28-22/h7-13H,14-16H2,1-6H3,(H,27,30). The summed E-state index contributed by atoms with van der Waals surface area (Å²) >= 11 is 0. The topological polar surface area (TPSA) is 67.8 Å². The first-order chi connectivity index (χ1) is 14.5. The molecule has 5 heteroatoms. The molecule has 0 unspecified atom stereocenters. The molecule has 0 spiro atoms. The second-order valence-corrected chi connectivity index (χ2v) is 10.0. The van der Waals surface area contributed by atoms with Crippen molar-refractivity contribution in [2.45, 2.75) is 59.4 Å². The van der Waals surface area contributed by atoms with Crippen molar-refractivity contribution in [1.82, 2.24) is 0 Å². The Hall–Kier alpha value is -2.95. The number of amides is 1. The van der Waals surface area contributed by atoms with Gasteiger partial charge in [0.2, 0.25) is 5.91 Å². The number of nitrogens with zero attached hydrogens (tertiary/aromatic N) is 1. The van der Waals surface area contributed by atoms with E-state index in [0.717, 1.165) is 23.4 Å². The monoisotopic (exact) mass is 420 g/mol. The van der Waals surface area contributed by atoms with Crippen molar-refractivity contribution in [3.8, 4) is 5.75 Å². The Balaban J connectivity index is 1.75. The lowest BCUT2D eigenvalue weighted by Gasteiger charge is -2.29. The zero-order valence-corrected chi connectivity index (χ0v) is 19.3. The average Bonchev–Trinajstić information content (AvgIpc) is 2.66. The first-order valence-corrected chi connectivity index (χ1v) is 10.6. The number of hydrogen-bond acceptors (Lipinski definition) is 4. The molecule has 0 aromatic heterocycles. The summed E-state index contributed by atoms with van der Waals surface area (Å²) in [6.45, 7) is 10.2. The van der Waals surface area contributed by atoms with Crippen molar-refractivity contribution < 1.29 is 14.3 Å². The molecule has 31 heavy (non-hydrogen) atoms. The Kier molecular flexibility index (Phi) is 6.35. The van der Waals surface area contributed by atoms with E-state index < -0.39 is 0 Å². The molecule has 1 aliphatic rings. The van der Waals surface area contributed by atoms with Crippen LogP contribution in [0, 0.1) is 5.41 Å². The Morgan fingerprint density at radius 1 is 1.10 bits per heavy atom. The predicted molar refractivity (Wildman–Crippen MR) is 125 cm³/mol. The van der Waals surface area contributed by atoms with Crippen molar-refractivity contribution in [1.29, 1.82) is 0 Å². The molecule has 3 rings (SSSR count). The molecule has 0 saturated carbocycles. The van der Waals surface area contributed by atoms with Gasteiger partial charge in [0.25, 0.3) is 0 Å². The van der Waals surface area contributed by atoms with Crippen LogP contribution >= 0.6 is 0 Å². The number of methoxy groups -OCH3 is 1. The fourth-order valence-corrected chi connectivity index (χ4v) is 3.85. The van der Waals surface area contributed by atoms with Gasteiger partial charge in [-0.05, 0) is 67.6 Å². The van der Waals surface area contributed by atoms with Crippen molar-refractivity contribution in [3.63, 3.8) is 0 Å². The van der Waals surface area contributed by atoms with E-state index in [1.165, 1.54) is 5.56 Å². The SMILES string of the molecule is COc1ccc2c(c1)C(CC(=O)c1ccc(NC(=O)CC(C)(C)C)cc1)=NC(C)(C)C2. The van der Waals surface area contributed by atoms with Gasteiger partial charge in [-0.3, -0.25) is 14.6 Å². The number of nitrogens with one attached hydrogen (secondary N) is 1. The molecule has 0 atom stereocenters. The molecule has 0 bridgehead atoms. The highest BCUT2D eigenvalue weighted by atomic mass is 16.5. The molecular formula is C26H32N2O3. The van der Waals surface area contributed by atoms with Crippen molar-refractivity contribution in [2.75, 3.05) is 12.4 Å². The molecule has 0 fully saturated rings. The van der Waals surface area contributed by atoms with Gasteiger partial charge >= 0.3 is 0 Å². The number of fused-ring (bicyclic) bond motifs is 1. The number of benzene rings is 2. The van der Waals surface area contributed by atoms with Gasteiger partial charge in [0.15, 0.2) is 5.78 Å². The molecule has 1 amide bonds. The van der Waals surface area contributed by atoms with Gasteiger partial charge in [-0.1, -0.05) is 26.8 Å². The maximum Gasteiger partial charge on any atom is 0.224 e. The number of Topliss-reactive ketones (excluding diaryl/α,β-unsaturated/α-hetero) is 1. The molecule has 164 valence electrons. The van der Waals surface area contributed by atoms with Crippen LogP contribution in [0.2, 0.25) is 0 Å². The lowest BCUT2D eigenvalue weighted by Crippen LogP contribution is -2.30. The van der Waals surface area contributed by atoms with E-state index in [4.69, 9.17) is 9.73 Å². The number of ether oxygens (including phenoxy) is 1. The summed E-state index contributed by atoms with van der Waals surface area (Å²) in [5.74, 6) is 0.725. The summed E-state index contributed by atoms with van der Waals surface area (Å²) in [5.41, 5.74) is 3.92. The van der Waals surface area contributed by atoms with Crippen LogP contribution in [0.3, 0.4) is 0 Å². The summed E-state index contributed by atoms with van der Waals surface area (Å²) in [7, 11) is 1.64. The quantitative estimate of drug-likeness (QED) is 0.630. The third-order valence-electron chi connectivity index (χ3n) is 5.20. The number of hydrogen-bond donors (Lipinski definition) is 1. The molecule has 0 aliphatic carbocycles. The van der Waals surface area contributed by atoms with E-state index in [2.05, 4.69) is 25.2 Å². The fourth-order valence-electron chi connectivity index (χ4n) is 3.85. The fraction of sp³-hybridized carbons (Fsp3) is 0.423. The van der Waals surface area contributed by atoms with E-state index >= 15 is 0 Å². The van der Waals surface area contributed by atoms with Crippen molar-refractivity contribution >= 4 is 23.1 Å². The van der Waals surface area contributed by atoms with Gasteiger partial charge in [-0.2, -0.15) is 0 Å². The van der Waals surface area contributed by atoms with Crippen LogP contribution in [-0.2, 0) is 11.2 Å². The highest BCUT2D eigenvalue weighted by molar-refractivity contribution is 6.17. The summed E-state index contributed by atoms with van der Waals surface area (Å²) in [5, 5.41) is 2.89. The number of ketones is 1. The van der Waals surface area contributed by atoms with Crippen LogP contribution < -0.4 is 10.1 Å². The molecule has 2 aromatic rings. The Morgan fingerprint density at radius 2 is 1.77 bits per heavy atom. The van der Waals surface area contributed by atoms with E-state index in [9.17, 15) is 9.59 Å². The lowest BCUT2D eigenvalue weighted by molar-refractivity contribution is -0.117. The third kappa shape index (κ3) is 6.03. The minimum Gasteiger partial charge on any atom is -0.497 e. The zero-order chi connectivity index (χ0) is 22.8. The maximum absolute atomic E-state index is 13.0. The Bertz CT molecular complexity index is 1010. The molecular weight excluding hydrogens is 388 g/mol. The van der Waals surface area contributed by atoms with Gasteiger partial charge in [-0.25, -0.2) is 0 Å². The minimum atomic E-state index is -0.252. The largest absolute Gasteiger partial charge is 0.497 e. The number of rotatable bonds is 6. The second kappa shape index (κ2) is 8.66. The summed E-state index contributed by atoms with van der Waals surface area (Å²) < 4.78 is 5.37. The van der Waals surface area contributed by atoms with Crippen LogP contribution in [0.15, 0.2) is 47.5 Å². The number of carbonyl (C=O) groups is 2. The third-order valence-corrected chi connectivity index (χ3v) is 5.20. The normalized spacial score (nSPS) is 15.0. The summed E-state index contributed by atoms with van der Waals surface area (Å²) in [4.78, 5) is 30.0. The van der Waals surface area contributed by atoms with E-state index in [1.54, 1.807) is 31.4 Å². The Morgan fingerprint density at radius 3 is 2.39 bits per heavy atom. The van der Waals surface area contributed by atoms with Crippen molar-refractivity contribution in [2.24, 2.45) is 10.4 Å². The Labute approximate surface area is 184 Å². The van der Waals surface area contributed by atoms with Crippen LogP contribution in [0.25, 0.3) is 0 Å². The summed E-state index contributed by atoms with van der Waals surface area (Å²) in [6, 6.07) is 13.0. The molecule has 1 N–H and O–H groups in total. The highest BCUT2D eigenvalue weighted by Gasteiger charge is 2.28. The van der Waals surface area contributed by atoms with Gasteiger partial charge in [-0.15, -0.1) is 0 Å². The lowest BCUT2D eigenvalue weighted by atomic mass is 9.85. The smallest absolute Gasteiger partial charge is 0.224 e. The molecule has 1 aliphatic heterocycles. The molecule has 0 saturated heterocycles. The first-order valence-electron chi connectivity index (χ1n) is 10.6. The second-order valence-electron chi connectivity index (χ2n) is 10.0.